The van der Waals surface area contributed by atoms with Crippen LogP contribution in [0, 0.1) is 0 Å². The molecular weight excluding hydrogens is 282 g/mol. The average Bonchev–Trinajstić information content (AvgIpc) is 2.50. The van der Waals surface area contributed by atoms with Gasteiger partial charge in [-0.3, -0.25) is 4.79 Å². The Labute approximate surface area is 133 Å². The highest BCUT2D eigenvalue weighted by Crippen LogP contribution is 2.16. The van der Waals surface area contributed by atoms with E-state index >= 15 is 0 Å². The molecule has 2 atom stereocenters. The number of carbonyl (C=O) groups is 1. The van der Waals surface area contributed by atoms with Gasteiger partial charge in [-0.15, -0.1) is 0 Å². The molecule has 2 aliphatic heterocycles. The highest BCUT2D eigenvalue weighted by molar-refractivity contribution is 7.99. The van der Waals surface area contributed by atoms with Crippen molar-refractivity contribution in [2.45, 2.75) is 57.5 Å². The van der Waals surface area contributed by atoms with Gasteiger partial charge in [0, 0.05) is 43.1 Å². The lowest BCUT2D eigenvalue weighted by Crippen LogP contribution is -2.41. The molecule has 122 valence electrons. The standard InChI is InChI=1S/C16H31N3OS/c1-14-6-2-4-9-19(14)10-5-3-7-18-16(20)12-15-13-21-11-8-17-15/h14-15,17H,2-13H2,1H3,(H,18,20). The number of rotatable bonds is 7. The van der Waals surface area contributed by atoms with Gasteiger partial charge >= 0.3 is 0 Å². The molecule has 2 rings (SSSR count). The molecule has 2 N–H and O–H groups in total. The molecule has 0 aromatic rings. The van der Waals surface area contributed by atoms with Crippen LogP contribution in [0.1, 0.15) is 45.4 Å². The molecular formula is C16H31N3OS. The lowest BCUT2D eigenvalue weighted by molar-refractivity contribution is -0.121. The number of unbranched alkanes of at least 4 members (excludes halogenated alkanes) is 1. The molecule has 4 nitrogen and oxygen atoms in total. The Kier molecular flexibility index (Phi) is 7.89. The number of hydrogen-bond donors (Lipinski definition) is 2. The Hall–Kier alpha value is -0.260. The second kappa shape index (κ2) is 9.70. The molecule has 21 heavy (non-hydrogen) atoms. The van der Waals surface area contributed by atoms with E-state index < -0.39 is 0 Å². The van der Waals surface area contributed by atoms with Gasteiger partial charge in [0.15, 0.2) is 0 Å². The maximum absolute atomic E-state index is 11.9. The van der Waals surface area contributed by atoms with Crippen LogP contribution >= 0.6 is 11.8 Å². The van der Waals surface area contributed by atoms with Gasteiger partial charge in [-0.2, -0.15) is 11.8 Å². The third-order valence-electron chi connectivity index (χ3n) is 4.57. The van der Waals surface area contributed by atoms with E-state index in [9.17, 15) is 4.79 Å². The normalized spacial score (nSPS) is 27.5. The largest absolute Gasteiger partial charge is 0.356 e. The van der Waals surface area contributed by atoms with E-state index in [1.165, 1.54) is 44.5 Å². The van der Waals surface area contributed by atoms with Crippen LogP contribution in [-0.4, -0.2) is 60.6 Å². The summed E-state index contributed by atoms with van der Waals surface area (Å²) in [6.07, 6.45) is 7.03. The van der Waals surface area contributed by atoms with Crippen molar-refractivity contribution < 1.29 is 4.79 Å². The summed E-state index contributed by atoms with van der Waals surface area (Å²) in [7, 11) is 0. The number of likely N-dealkylation sites (tertiary alicyclic amines) is 1. The van der Waals surface area contributed by atoms with Gasteiger partial charge in [0.25, 0.3) is 0 Å². The SMILES string of the molecule is CC1CCCCN1CCCCNC(=O)CC1CSCCN1. The number of nitrogens with zero attached hydrogens (tertiary/aromatic N) is 1. The zero-order valence-corrected chi connectivity index (χ0v) is 14.2. The summed E-state index contributed by atoms with van der Waals surface area (Å²) in [5.74, 6) is 2.45. The van der Waals surface area contributed by atoms with E-state index in [1.807, 2.05) is 11.8 Å². The summed E-state index contributed by atoms with van der Waals surface area (Å²) in [6, 6.07) is 1.13. The Morgan fingerprint density at radius 3 is 3.05 bits per heavy atom. The summed E-state index contributed by atoms with van der Waals surface area (Å²) in [5.41, 5.74) is 0. The van der Waals surface area contributed by atoms with Gasteiger partial charge in [0.2, 0.25) is 5.91 Å². The van der Waals surface area contributed by atoms with E-state index in [1.54, 1.807) is 0 Å². The van der Waals surface area contributed by atoms with Crippen LogP contribution in [0.15, 0.2) is 0 Å². The number of hydrogen-bond acceptors (Lipinski definition) is 4. The van der Waals surface area contributed by atoms with Crippen molar-refractivity contribution in [3.05, 3.63) is 0 Å². The monoisotopic (exact) mass is 313 g/mol. The van der Waals surface area contributed by atoms with Crippen LogP contribution in [0.3, 0.4) is 0 Å². The van der Waals surface area contributed by atoms with E-state index in [-0.39, 0.29) is 5.91 Å². The van der Waals surface area contributed by atoms with Crippen molar-refractivity contribution in [1.82, 2.24) is 15.5 Å². The predicted octanol–water partition coefficient (Wildman–Crippen LogP) is 1.85. The Morgan fingerprint density at radius 1 is 1.38 bits per heavy atom. The van der Waals surface area contributed by atoms with Crippen molar-refractivity contribution in [2.24, 2.45) is 0 Å². The van der Waals surface area contributed by atoms with Crippen molar-refractivity contribution >= 4 is 17.7 Å². The minimum atomic E-state index is 0.210. The third kappa shape index (κ3) is 6.57. The third-order valence-corrected chi connectivity index (χ3v) is 5.70. The van der Waals surface area contributed by atoms with Crippen LogP contribution in [-0.2, 0) is 4.79 Å². The first kappa shape index (κ1) is 17.1. The molecule has 2 fully saturated rings. The van der Waals surface area contributed by atoms with E-state index in [4.69, 9.17) is 0 Å². The van der Waals surface area contributed by atoms with Gasteiger partial charge in [-0.1, -0.05) is 6.42 Å². The Morgan fingerprint density at radius 2 is 2.29 bits per heavy atom. The number of carbonyl (C=O) groups excluding carboxylic acids is 1. The molecule has 2 aliphatic rings. The minimum Gasteiger partial charge on any atom is -0.356 e. The second-order valence-corrected chi connectivity index (χ2v) is 7.52. The van der Waals surface area contributed by atoms with E-state index in [0.29, 0.717) is 12.5 Å². The zero-order valence-electron chi connectivity index (χ0n) is 13.4. The molecule has 2 unspecified atom stereocenters. The van der Waals surface area contributed by atoms with E-state index in [2.05, 4.69) is 22.5 Å². The predicted molar refractivity (Wildman–Crippen MR) is 90.9 cm³/mol. The summed E-state index contributed by atoms with van der Waals surface area (Å²) in [5, 5.41) is 6.48. The van der Waals surface area contributed by atoms with Gasteiger partial charge in [-0.05, 0) is 45.7 Å². The quantitative estimate of drug-likeness (QED) is 0.704. The molecule has 2 saturated heterocycles. The van der Waals surface area contributed by atoms with Crippen molar-refractivity contribution in [1.29, 1.82) is 0 Å². The zero-order chi connectivity index (χ0) is 14.9. The molecule has 0 aromatic carbocycles. The molecule has 0 aliphatic carbocycles. The molecule has 1 amide bonds. The number of amides is 1. The topological polar surface area (TPSA) is 44.4 Å². The summed E-state index contributed by atoms with van der Waals surface area (Å²) in [6.45, 7) is 6.67. The highest BCUT2D eigenvalue weighted by Gasteiger charge is 2.18. The first-order chi connectivity index (χ1) is 10.3. The molecule has 0 radical (unpaired) electrons. The summed E-state index contributed by atoms with van der Waals surface area (Å²) in [4.78, 5) is 14.5. The van der Waals surface area contributed by atoms with Gasteiger partial charge in [0.1, 0.15) is 0 Å². The lowest BCUT2D eigenvalue weighted by atomic mass is 10.0. The molecule has 2 heterocycles. The maximum atomic E-state index is 11.9. The van der Waals surface area contributed by atoms with Crippen molar-refractivity contribution in [2.75, 3.05) is 37.7 Å². The average molecular weight is 314 g/mol. The van der Waals surface area contributed by atoms with Crippen LogP contribution in [0.5, 0.6) is 0 Å². The fraction of sp³-hybridized carbons (Fsp3) is 0.938. The summed E-state index contributed by atoms with van der Waals surface area (Å²) >= 11 is 1.94. The van der Waals surface area contributed by atoms with Gasteiger partial charge < -0.3 is 15.5 Å². The van der Waals surface area contributed by atoms with Gasteiger partial charge in [-0.25, -0.2) is 0 Å². The smallest absolute Gasteiger partial charge is 0.221 e. The fourth-order valence-corrected chi connectivity index (χ4v) is 4.15. The van der Waals surface area contributed by atoms with Gasteiger partial charge in [0.05, 0.1) is 0 Å². The highest BCUT2D eigenvalue weighted by atomic mass is 32.2. The number of nitrogens with one attached hydrogen (secondary N) is 2. The Bertz CT molecular complexity index is 308. The number of thioether (sulfide) groups is 1. The fourth-order valence-electron chi connectivity index (χ4n) is 3.20. The lowest BCUT2D eigenvalue weighted by Gasteiger charge is -2.33. The maximum Gasteiger partial charge on any atom is 0.221 e. The molecule has 5 heteroatoms. The molecule has 0 bridgehead atoms. The van der Waals surface area contributed by atoms with Crippen LogP contribution < -0.4 is 10.6 Å². The molecule has 0 spiro atoms. The van der Waals surface area contributed by atoms with E-state index in [0.717, 1.165) is 31.3 Å². The summed E-state index contributed by atoms with van der Waals surface area (Å²) < 4.78 is 0. The van der Waals surface area contributed by atoms with Crippen molar-refractivity contribution in [3.8, 4) is 0 Å². The van der Waals surface area contributed by atoms with Crippen LogP contribution in [0.2, 0.25) is 0 Å². The molecule has 0 saturated carbocycles. The van der Waals surface area contributed by atoms with Crippen LogP contribution in [0.25, 0.3) is 0 Å². The van der Waals surface area contributed by atoms with Crippen molar-refractivity contribution in [3.63, 3.8) is 0 Å². The first-order valence-corrected chi connectivity index (χ1v) is 9.73. The number of piperidine rings is 1. The minimum absolute atomic E-state index is 0.210. The van der Waals surface area contributed by atoms with Crippen LogP contribution in [0.4, 0.5) is 0 Å². The first-order valence-electron chi connectivity index (χ1n) is 8.57. The Balaban J connectivity index is 1.48. The molecule has 0 aromatic heterocycles. The second-order valence-electron chi connectivity index (χ2n) is 6.37.